The summed E-state index contributed by atoms with van der Waals surface area (Å²) in [7, 11) is 0. The molecular weight excluding hydrogens is 543 g/mol. The average Bonchev–Trinajstić information content (AvgIpc) is 3.57. The number of aromatic nitrogens is 5. The maximum absolute atomic E-state index is 15.4. The number of hydrogen-bond acceptors (Lipinski definition) is 7. The van der Waals surface area contributed by atoms with Crippen LogP contribution in [0.5, 0.6) is 0 Å². The van der Waals surface area contributed by atoms with Gasteiger partial charge in [0.25, 0.3) is 0 Å². The molecule has 0 unspecified atom stereocenters. The van der Waals surface area contributed by atoms with Crippen LogP contribution in [0.25, 0.3) is 10.9 Å². The number of rotatable bonds is 7. The maximum Gasteiger partial charge on any atom is 0.413 e. The van der Waals surface area contributed by atoms with Gasteiger partial charge in [-0.3, -0.25) is 4.98 Å². The van der Waals surface area contributed by atoms with Crippen molar-refractivity contribution in [3.05, 3.63) is 70.9 Å². The van der Waals surface area contributed by atoms with Gasteiger partial charge >= 0.3 is 6.18 Å². The minimum Gasteiger partial charge on any atom is -0.383 e. The SMILES string of the molecule is Cc1nc(F)ccc1[C@H](Nc1cc(F)c2ncc(C#N)c(NCC(C)(C)C)c2c1)c1cn(C2(C(F)(F)F)CC2)nn1. The number of nitrogens with one attached hydrogen (secondary N) is 2. The molecule has 0 amide bonds. The Morgan fingerprint density at radius 3 is 2.49 bits per heavy atom. The molecule has 41 heavy (non-hydrogen) atoms. The Kier molecular flexibility index (Phi) is 6.83. The number of alkyl halides is 3. The Bertz CT molecular complexity index is 1660. The Labute approximate surface area is 232 Å². The number of hydrogen-bond donors (Lipinski definition) is 2. The minimum absolute atomic E-state index is 0.0361. The van der Waals surface area contributed by atoms with Crippen LogP contribution in [-0.4, -0.2) is 37.7 Å². The standard InChI is InChI=1S/C28H27F5N8/c1-15-18(5-6-22(30)37-15)25(21-13-41(40-39-21)27(7-8-27)28(31,32)33)38-17-9-19-23(36-14-26(2,3)4)16(11-34)12-35-24(19)20(29)10-17/h5-6,9-10,12-13,25,38H,7-8,14H2,1-4H3,(H,35,36)/t25-/m0/s1. The Morgan fingerprint density at radius 2 is 1.88 bits per heavy atom. The van der Waals surface area contributed by atoms with E-state index in [9.17, 15) is 22.8 Å². The second-order valence-electron chi connectivity index (χ2n) is 11.4. The predicted octanol–water partition coefficient (Wildman–Crippen LogP) is 6.39. The lowest BCUT2D eigenvalue weighted by Gasteiger charge is -2.23. The fourth-order valence-corrected chi connectivity index (χ4v) is 4.67. The Morgan fingerprint density at radius 1 is 1.15 bits per heavy atom. The quantitative estimate of drug-likeness (QED) is 0.196. The van der Waals surface area contributed by atoms with Crippen molar-refractivity contribution in [2.45, 2.75) is 58.3 Å². The smallest absolute Gasteiger partial charge is 0.383 e. The predicted molar refractivity (Wildman–Crippen MR) is 142 cm³/mol. The number of benzene rings is 1. The minimum atomic E-state index is -4.52. The normalized spacial score (nSPS) is 15.4. The van der Waals surface area contributed by atoms with E-state index in [0.29, 0.717) is 23.2 Å². The zero-order valence-corrected chi connectivity index (χ0v) is 22.7. The number of anilines is 2. The molecule has 3 heterocycles. The molecule has 0 bridgehead atoms. The molecule has 8 nitrogen and oxygen atoms in total. The second-order valence-corrected chi connectivity index (χ2v) is 11.4. The van der Waals surface area contributed by atoms with Crippen LogP contribution in [0.15, 0.2) is 36.7 Å². The molecule has 3 aromatic heterocycles. The van der Waals surface area contributed by atoms with Gasteiger partial charge in [-0.05, 0) is 43.4 Å². The molecule has 1 aromatic carbocycles. The highest BCUT2D eigenvalue weighted by atomic mass is 19.4. The van der Waals surface area contributed by atoms with Crippen molar-refractivity contribution in [2.75, 3.05) is 17.2 Å². The first-order valence-electron chi connectivity index (χ1n) is 12.9. The van der Waals surface area contributed by atoms with Crippen LogP contribution in [0.3, 0.4) is 0 Å². The summed E-state index contributed by atoms with van der Waals surface area (Å²) in [5.74, 6) is -1.41. The lowest BCUT2D eigenvalue weighted by molar-refractivity contribution is -0.182. The van der Waals surface area contributed by atoms with Crippen LogP contribution in [0.2, 0.25) is 0 Å². The van der Waals surface area contributed by atoms with Gasteiger partial charge in [-0.25, -0.2) is 14.1 Å². The summed E-state index contributed by atoms with van der Waals surface area (Å²) in [6.45, 7) is 8.04. The van der Waals surface area contributed by atoms with Crippen molar-refractivity contribution in [1.29, 1.82) is 5.26 Å². The molecule has 1 atom stereocenters. The lowest BCUT2D eigenvalue weighted by Crippen LogP contribution is -2.35. The highest BCUT2D eigenvalue weighted by Crippen LogP contribution is 2.55. The summed E-state index contributed by atoms with van der Waals surface area (Å²) in [6, 6.07) is 6.47. The first kappa shape index (κ1) is 28.2. The molecule has 5 rings (SSSR count). The summed E-state index contributed by atoms with van der Waals surface area (Å²) in [5, 5.41) is 24.2. The van der Waals surface area contributed by atoms with E-state index in [2.05, 4.69) is 37.0 Å². The Hall–Kier alpha value is -4.34. The van der Waals surface area contributed by atoms with E-state index in [0.717, 1.165) is 10.7 Å². The van der Waals surface area contributed by atoms with Crippen LogP contribution < -0.4 is 10.6 Å². The summed E-state index contributed by atoms with van der Waals surface area (Å²) in [5.41, 5.74) is -0.623. The third-order valence-electron chi connectivity index (χ3n) is 7.05. The van der Waals surface area contributed by atoms with Crippen LogP contribution in [0, 0.1) is 35.4 Å². The van der Waals surface area contributed by atoms with Gasteiger partial charge in [0, 0.05) is 35.1 Å². The summed E-state index contributed by atoms with van der Waals surface area (Å²) >= 11 is 0. The van der Waals surface area contributed by atoms with Crippen LogP contribution >= 0.6 is 0 Å². The first-order chi connectivity index (χ1) is 19.2. The van der Waals surface area contributed by atoms with Gasteiger partial charge in [0.2, 0.25) is 5.95 Å². The summed E-state index contributed by atoms with van der Waals surface area (Å²) < 4.78 is 71.4. The fourth-order valence-electron chi connectivity index (χ4n) is 4.67. The van der Waals surface area contributed by atoms with Gasteiger partial charge in [-0.1, -0.05) is 32.1 Å². The number of halogens is 5. The molecule has 0 saturated heterocycles. The van der Waals surface area contributed by atoms with Crippen molar-refractivity contribution in [3.8, 4) is 6.07 Å². The van der Waals surface area contributed by atoms with E-state index >= 15 is 4.39 Å². The number of fused-ring (bicyclic) bond motifs is 1. The van der Waals surface area contributed by atoms with Crippen LogP contribution in [0.4, 0.5) is 33.3 Å². The van der Waals surface area contributed by atoms with Crippen molar-refractivity contribution < 1.29 is 22.0 Å². The van der Waals surface area contributed by atoms with Gasteiger partial charge in [-0.15, -0.1) is 5.10 Å². The zero-order chi connectivity index (χ0) is 29.7. The molecule has 1 aliphatic rings. The molecular formula is C28H27F5N8. The van der Waals surface area contributed by atoms with Crippen molar-refractivity contribution in [3.63, 3.8) is 0 Å². The van der Waals surface area contributed by atoms with Crippen LogP contribution in [0.1, 0.15) is 62.2 Å². The summed E-state index contributed by atoms with van der Waals surface area (Å²) in [4.78, 5) is 7.98. The van der Waals surface area contributed by atoms with E-state index < -0.39 is 29.5 Å². The van der Waals surface area contributed by atoms with Gasteiger partial charge in [-0.2, -0.15) is 22.8 Å². The largest absolute Gasteiger partial charge is 0.413 e. The number of aryl methyl sites for hydroxylation is 1. The number of pyridine rings is 2. The molecule has 2 N–H and O–H groups in total. The number of nitrogens with zero attached hydrogens (tertiary/aromatic N) is 6. The topological polar surface area (TPSA) is 104 Å². The fraction of sp³-hybridized carbons (Fsp3) is 0.393. The van der Waals surface area contributed by atoms with E-state index in [4.69, 9.17) is 0 Å². The molecule has 0 aliphatic heterocycles. The van der Waals surface area contributed by atoms with Crippen molar-refractivity contribution in [2.24, 2.45) is 5.41 Å². The second kappa shape index (κ2) is 9.94. The molecule has 0 radical (unpaired) electrons. The Balaban J connectivity index is 1.61. The van der Waals surface area contributed by atoms with Gasteiger partial charge in [0.05, 0.1) is 23.5 Å². The molecule has 1 fully saturated rings. The molecule has 0 spiro atoms. The molecule has 4 aromatic rings. The lowest BCUT2D eigenvalue weighted by atomic mass is 9.96. The van der Waals surface area contributed by atoms with Gasteiger partial charge < -0.3 is 10.6 Å². The zero-order valence-electron chi connectivity index (χ0n) is 22.7. The first-order valence-corrected chi connectivity index (χ1v) is 12.9. The van der Waals surface area contributed by atoms with E-state index in [-0.39, 0.29) is 46.4 Å². The number of nitriles is 1. The van der Waals surface area contributed by atoms with Gasteiger partial charge in [0.15, 0.2) is 11.4 Å². The molecule has 13 heteroatoms. The van der Waals surface area contributed by atoms with Crippen molar-refractivity contribution >= 4 is 22.3 Å². The molecule has 1 saturated carbocycles. The van der Waals surface area contributed by atoms with Crippen LogP contribution in [-0.2, 0) is 5.54 Å². The van der Waals surface area contributed by atoms with Gasteiger partial charge in [0.1, 0.15) is 17.3 Å². The molecule has 1 aliphatic carbocycles. The third-order valence-corrected chi connectivity index (χ3v) is 7.05. The van der Waals surface area contributed by atoms with Crippen molar-refractivity contribution in [1.82, 2.24) is 25.0 Å². The van der Waals surface area contributed by atoms with E-state index in [1.807, 2.05) is 20.8 Å². The maximum atomic E-state index is 15.4. The van der Waals surface area contributed by atoms with E-state index in [1.165, 1.54) is 24.5 Å². The average molecular weight is 571 g/mol. The third kappa shape index (κ3) is 5.38. The molecule has 214 valence electrons. The monoisotopic (exact) mass is 570 g/mol. The summed E-state index contributed by atoms with van der Waals surface area (Å²) in [6.07, 6.45) is -2.26. The highest BCUT2D eigenvalue weighted by Gasteiger charge is 2.66. The highest BCUT2D eigenvalue weighted by molar-refractivity contribution is 5.96. The van der Waals surface area contributed by atoms with E-state index in [1.54, 1.807) is 13.0 Å².